The highest BCUT2D eigenvalue weighted by molar-refractivity contribution is 6.35. The van der Waals surface area contributed by atoms with E-state index in [0.717, 1.165) is 0 Å². The molecule has 2 amide bonds. The Hall–Kier alpha value is -3.44. The van der Waals surface area contributed by atoms with Crippen molar-refractivity contribution in [1.29, 1.82) is 0 Å². The van der Waals surface area contributed by atoms with E-state index in [1.54, 1.807) is 40.0 Å². The molecule has 1 saturated heterocycles. The molecule has 3 aromatic rings. The van der Waals surface area contributed by atoms with E-state index in [-0.39, 0.29) is 24.6 Å². The van der Waals surface area contributed by atoms with Gasteiger partial charge in [0.1, 0.15) is 5.82 Å². The number of amides is 2. The third-order valence-electron chi connectivity index (χ3n) is 6.72. The number of hydrogen-bond donors (Lipinski definition) is 2. The lowest BCUT2D eigenvalue weighted by molar-refractivity contribution is 0.0462. The number of carbonyl (C=O) groups excluding carboxylic acids is 2. The largest absolute Gasteiger partial charge is 0.453 e. The van der Waals surface area contributed by atoms with Crippen LogP contribution >= 0.6 is 23.2 Å². The fraction of sp³-hybridized carbons (Fsp3) is 0.296. The Labute approximate surface area is 234 Å². The number of methoxy groups -OCH3 is 1. The number of piperidine rings is 1. The number of fused-ring (bicyclic) bond motifs is 1. The molecule has 1 fully saturated rings. The Morgan fingerprint density at radius 2 is 1.85 bits per heavy atom. The van der Waals surface area contributed by atoms with E-state index in [1.165, 1.54) is 24.1 Å². The van der Waals surface area contributed by atoms with Gasteiger partial charge < -0.3 is 9.84 Å². The van der Waals surface area contributed by atoms with Gasteiger partial charge in [0, 0.05) is 23.7 Å². The Morgan fingerprint density at radius 3 is 2.51 bits per heavy atom. The summed E-state index contributed by atoms with van der Waals surface area (Å²) in [4.78, 5) is 27.7. The number of aromatic nitrogens is 2. The fourth-order valence-corrected chi connectivity index (χ4v) is 5.26. The summed E-state index contributed by atoms with van der Waals surface area (Å²) < 4.78 is 20.2. The number of hydrazine groups is 1. The standard InChI is InChI=1S/C27H26Cl2FN5O4/c1-39-27(38)33-14-17(12-16-2-5-19(30)6-3-16)25-21(15-33)24(26(37)32-34-10-8-20(36)9-11-34)31-35(25)23-7-4-18(28)13-22(23)29/h2-7,12-13,20,36H,8-11,14-15H2,1H3,(H,32,37). The summed E-state index contributed by atoms with van der Waals surface area (Å²) in [5.41, 5.74) is 5.91. The molecule has 12 heteroatoms. The molecule has 2 aliphatic rings. The molecule has 3 heterocycles. The highest BCUT2D eigenvalue weighted by Gasteiger charge is 2.35. The van der Waals surface area contributed by atoms with Crippen molar-refractivity contribution in [2.75, 3.05) is 26.7 Å². The number of nitrogens with zero attached hydrogens (tertiary/aromatic N) is 4. The molecule has 0 saturated carbocycles. The van der Waals surface area contributed by atoms with Crippen LogP contribution in [0.15, 0.2) is 42.5 Å². The van der Waals surface area contributed by atoms with Crippen LogP contribution in [-0.2, 0) is 11.3 Å². The number of ether oxygens (including phenoxy) is 1. The van der Waals surface area contributed by atoms with Crippen molar-refractivity contribution in [3.63, 3.8) is 0 Å². The second-order valence-electron chi connectivity index (χ2n) is 9.39. The zero-order valence-electron chi connectivity index (χ0n) is 21.0. The molecule has 2 aliphatic heterocycles. The molecular weight excluding hydrogens is 548 g/mol. The molecule has 2 aromatic carbocycles. The second-order valence-corrected chi connectivity index (χ2v) is 10.2. The van der Waals surface area contributed by atoms with Crippen LogP contribution in [0.4, 0.5) is 9.18 Å². The van der Waals surface area contributed by atoms with Crippen molar-refractivity contribution in [3.05, 3.63) is 80.8 Å². The zero-order valence-corrected chi connectivity index (χ0v) is 22.5. The van der Waals surface area contributed by atoms with E-state index in [1.807, 2.05) is 6.08 Å². The van der Waals surface area contributed by atoms with Gasteiger partial charge in [-0.1, -0.05) is 35.3 Å². The Bertz CT molecular complexity index is 1430. The van der Waals surface area contributed by atoms with Crippen molar-refractivity contribution < 1.29 is 23.8 Å². The number of aliphatic hydroxyl groups is 1. The van der Waals surface area contributed by atoms with Crippen molar-refractivity contribution >= 4 is 46.9 Å². The van der Waals surface area contributed by atoms with Gasteiger partial charge in [0.15, 0.2) is 5.69 Å². The molecule has 0 unspecified atom stereocenters. The van der Waals surface area contributed by atoms with Gasteiger partial charge in [-0.2, -0.15) is 5.10 Å². The highest BCUT2D eigenvalue weighted by Crippen LogP contribution is 2.36. The molecule has 0 aliphatic carbocycles. The minimum absolute atomic E-state index is 0.0649. The summed E-state index contributed by atoms with van der Waals surface area (Å²) in [6.07, 6.45) is 1.91. The molecule has 0 spiro atoms. The summed E-state index contributed by atoms with van der Waals surface area (Å²) in [7, 11) is 1.29. The second kappa shape index (κ2) is 11.4. The molecule has 0 radical (unpaired) electrons. The van der Waals surface area contributed by atoms with Crippen molar-refractivity contribution in [1.82, 2.24) is 25.1 Å². The van der Waals surface area contributed by atoms with Gasteiger partial charge in [-0.25, -0.2) is 18.9 Å². The number of aliphatic hydroxyl groups excluding tert-OH is 1. The summed E-state index contributed by atoms with van der Waals surface area (Å²) >= 11 is 12.7. The predicted octanol–water partition coefficient (Wildman–Crippen LogP) is 4.54. The van der Waals surface area contributed by atoms with Crippen molar-refractivity contribution in [2.24, 2.45) is 0 Å². The monoisotopic (exact) mass is 573 g/mol. The van der Waals surface area contributed by atoms with E-state index >= 15 is 0 Å². The highest BCUT2D eigenvalue weighted by atomic mass is 35.5. The maximum absolute atomic E-state index is 13.6. The van der Waals surface area contributed by atoms with Crippen LogP contribution in [0, 0.1) is 5.82 Å². The van der Waals surface area contributed by atoms with Crippen LogP contribution in [0.25, 0.3) is 17.3 Å². The number of benzene rings is 2. The van der Waals surface area contributed by atoms with Gasteiger partial charge in [-0.3, -0.25) is 15.1 Å². The van der Waals surface area contributed by atoms with E-state index in [2.05, 4.69) is 10.5 Å². The third kappa shape index (κ3) is 5.79. The van der Waals surface area contributed by atoms with Gasteiger partial charge in [0.25, 0.3) is 5.91 Å². The quantitative estimate of drug-likeness (QED) is 0.475. The average molecular weight is 574 g/mol. The van der Waals surface area contributed by atoms with E-state index < -0.39 is 18.1 Å². The average Bonchev–Trinajstić information content (AvgIpc) is 3.30. The topological polar surface area (TPSA) is 99.9 Å². The van der Waals surface area contributed by atoms with Crippen molar-refractivity contribution in [2.45, 2.75) is 25.5 Å². The maximum Gasteiger partial charge on any atom is 0.410 e. The summed E-state index contributed by atoms with van der Waals surface area (Å²) in [6, 6.07) is 10.9. The van der Waals surface area contributed by atoms with Crippen molar-refractivity contribution in [3.8, 4) is 5.69 Å². The first-order valence-corrected chi connectivity index (χ1v) is 13.1. The molecule has 1 aromatic heterocycles. The lowest BCUT2D eigenvalue weighted by atomic mass is 9.97. The van der Waals surface area contributed by atoms with E-state index in [9.17, 15) is 19.1 Å². The minimum atomic E-state index is -0.570. The third-order valence-corrected chi connectivity index (χ3v) is 7.26. The number of halogens is 3. The lowest BCUT2D eigenvalue weighted by Crippen LogP contribution is -2.48. The molecule has 204 valence electrons. The number of carbonyl (C=O) groups is 2. The van der Waals surface area contributed by atoms with E-state index in [0.29, 0.717) is 64.1 Å². The molecule has 5 rings (SSSR count). The Kier molecular flexibility index (Phi) is 7.90. The van der Waals surface area contributed by atoms with Crippen LogP contribution in [0.2, 0.25) is 10.0 Å². The van der Waals surface area contributed by atoms with Crippen LogP contribution in [0.5, 0.6) is 0 Å². The number of rotatable bonds is 4. The normalized spacial score (nSPS) is 17.3. The van der Waals surface area contributed by atoms with Crippen LogP contribution < -0.4 is 5.43 Å². The predicted molar refractivity (Wildman–Crippen MR) is 145 cm³/mol. The smallest absolute Gasteiger partial charge is 0.410 e. The molecule has 2 N–H and O–H groups in total. The Balaban J connectivity index is 1.65. The van der Waals surface area contributed by atoms with Crippen LogP contribution in [0.3, 0.4) is 0 Å². The molecule has 0 bridgehead atoms. The van der Waals surface area contributed by atoms with E-state index in [4.69, 9.17) is 27.9 Å². The maximum atomic E-state index is 13.6. The summed E-state index contributed by atoms with van der Waals surface area (Å²) in [5, 5.41) is 17.0. The summed E-state index contributed by atoms with van der Waals surface area (Å²) in [6.45, 7) is 1.19. The van der Waals surface area contributed by atoms with Gasteiger partial charge in [0.05, 0.1) is 42.7 Å². The molecule has 39 heavy (non-hydrogen) atoms. The summed E-state index contributed by atoms with van der Waals surface area (Å²) in [5.74, 6) is -0.834. The number of nitrogens with one attached hydrogen (secondary N) is 1. The first kappa shape index (κ1) is 27.1. The molecule has 9 nitrogen and oxygen atoms in total. The van der Waals surface area contributed by atoms with Gasteiger partial charge in [0.2, 0.25) is 0 Å². The van der Waals surface area contributed by atoms with Gasteiger partial charge in [-0.15, -0.1) is 0 Å². The SMILES string of the molecule is COC(=O)N1CC(=Cc2ccc(F)cc2)c2c(c(C(=O)NN3CCC(O)CC3)nn2-c2ccc(Cl)cc2Cl)C1. The lowest BCUT2D eigenvalue weighted by Gasteiger charge is -2.30. The van der Waals surface area contributed by atoms with Crippen LogP contribution in [0.1, 0.15) is 40.2 Å². The Morgan fingerprint density at radius 1 is 1.13 bits per heavy atom. The first-order chi connectivity index (χ1) is 18.7. The van der Waals surface area contributed by atoms with Crippen LogP contribution in [-0.4, -0.2) is 69.6 Å². The molecular formula is C27H26Cl2FN5O4. The van der Waals surface area contributed by atoms with Gasteiger partial charge >= 0.3 is 6.09 Å². The minimum Gasteiger partial charge on any atom is -0.453 e. The first-order valence-electron chi connectivity index (χ1n) is 12.3. The number of hydrogen-bond acceptors (Lipinski definition) is 6. The fourth-order valence-electron chi connectivity index (χ4n) is 4.77. The van der Waals surface area contributed by atoms with Gasteiger partial charge in [-0.05, 0) is 60.4 Å². The molecule has 0 atom stereocenters. The zero-order chi connectivity index (χ0) is 27.7.